The van der Waals surface area contributed by atoms with Crippen LogP contribution >= 0.6 is 23.2 Å². The molecular weight excluding hydrogens is 687 g/mol. The second kappa shape index (κ2) is 15.4. The number of hydrazine groups is 1. The molecule has 2 atom stereocenters. The van der Waals surface area contributed by atoms with Gasteiger partial charge >= 0.3 is 0 Å². The maximum Gasteiger partial charge on any atom is 0.266 e. The van der Waals surface area contributed by atoms with Crippen LogP contribution in [0, 0.1) is 11.6 Å². The van der Waals surface area contributed by atoms with Crippen molar-refractivity contribution in [2.75, 3.05) is 19.0 Å². The summed E-state index contributed by atoms with van der Waals surface area (Å²) < 4.78 is 66.7. The van der Waals surface area contributed by atoms with Crippen LogP contribution in [0.1, 0.15) is 35.6 Å². The van der Waals surface area contributed by atoms with Gasteiger partial charge in [0, 0.05) is 58.8 Å². The zero-order valence-corrected chi connectivity index (χ0v) is 27.7. The summed E-state index contributed by atoms with van der Waals surface area (Å²) in [6.07, 6.45) is -1.13. The van der Waals surface area contributed by atoms with E-state index in [1.807, 2.05) is 0 Å². The monoisotopic (exact) mass is 717 g/mol. The summed E-state index contributed by atoms with van der Waals surface area (Å²) in [5, 5.41) is 9.52. The van der Waals surface area contributed by atoms with Gasteiger partial charge in [0.25, 0.3) is 5.91 Å². The number of amides is 1. The third kappa shape index (κ3) is 8.13. The smallest absolute Gasteiger partial charge is 0.266 e. The van der Waals surface area contributed by atoms with E-state index < -0.39 is 44.8 Å². The third-order valence-electron chi connectivity index (χ3n) is 7.63. The van der Waals surface area contributed by atoms with Gasteiger partial charge in [-0.2, -0.15) is 0 Å². The topological polar surface area (TPSA) is 126 Å². The van der Waals surface area contributed by atoms with Crippen molar-refractivity contribution in [2.24, 2.45) is 4.99 Å². The Morgan fingerprint density at radius 2 is 1.75 bits per heavy atom. The van der Waals surface area contributed by atoms with Crippen molar-refractivity contribution >= 4 is 44.8 Å². The molecule has 4 aromatic carbocycles. The van der Waals surface area contributed by atoms with Crippen molar-refractivity contribution in [1.29, 1.82) is 0 Å². The Balaban J connectivity index is 1.54. The van der Waals surface area contributed by atoms with E-state index in [4.69, 9.17) is 42.8 Å². The maximum atomic E-state index is 14.3. The molecule has 1 aliphatic heterocycles. The zero-order chi connectivity index (χ0) is 34.3. The SMILES string of the molecule is O=C(NNCc1ccc(F)cc1F)[C@@]1(CCS(=O)(=O)c2ccccc2)N=C(c2ccc(OCCCO)cc2)O[C@H]1c1ccc(Cl)cc1Cl. The van der Waals surface area contributed by atoms with Crippen LogP contribution in [0.3, 0.4) is 0 Å². The van der Waals surface area contributed by atoms with Gasteiger partial charge < -0.3 is 14.6 Å². The van der Waals surface area contributed by atoms with Gasteiger partial charge in [0.05, 0.1) is 17.3 Å². The molecule has 252 valence electrons. The van der Waals surface area contributed by atoms with Gasteiger partial charge in [0.15, 0.2) is 21.5 Å². The van der Waals surface area contributed by atoms with Crippen LogP contribution < -0.4 is 15.6 Å². The Morgan fingerprint density at radius 1 is 1.00 bits per heavy atom. The average molecular weight is 719 g/mol. The molecule has 0 unspecified atom stereocenters. The Kier molecular flexibility index (Phi) is 11.3. The Morgan fingerprint density at radius 3 is 2.44 bits per heavy atom. The number of rotatable bonds is 14. The number of hydrogen-bond acceptors (Lipinski definition) is 8. The summed E-state index contributed by atoms with van der Waals surface area (Å²) >= 11 is 12.8. The number of nitrogens with zero attached hydrogens (tertiary/aromatic N) is 1. The molecule has 0 saturated heterocycles. The quantitative estimate of drug-likeness (QED) is 0.108. The fourth-order valence-electron chi connectivity index (χ4n) is 5.09. The first-order valence-electron chi connectivity index (χ1n) is 14.8. The van der Waals surface area contributed by atoms with Crippen LogP contribution in [0.5, 0.6) is 5.75 Å². The number of benzene rings is 4. The molecule has 1 heterocycles. The van der Waals surface area contributed by atoms with Crippen LogP contribution in [0.2, 0.25) is 10.0 Å². The van der Waals surface area contributed by atoms with Gasteiger partial charge in [-0.1, -0.05) is 53.5 Å². The molecule has 0 aliphatic carbocycles. The molecule has 0 bridgehead atoms. The van der Waals surface area contributed by atoms with Crippen molar-refractivity contribution in [3.05, 3.63) is 129 Å². The second-order valence-corrected chi connectivity index (χ2v) is 13.8. The summed E-state index contributed by atoms with van der Waals surface area (Å²) in [5.41, 5.74) is 4.12. The van der Waals surface area contributed by atoms with Crippen LogP contribution in [0.15, 0.2) is 101 Å². The molecule has 0 radical (unpaired) electrons. The van der Waals surface area contributed by atoms with Crippen molar-refractivity contribution in [3.63, 3.8) is 0 Å². The highest BCUT2D eigenvalue weighted by molar-refractivity contribution is 7.91. The normalized spacial score (nSPS) is 17.4. The highest BCUT2D eigenvalue weighted by Gasteiger charge is 2.54. The van der Waals surface area contributed by atoms with Gasteiger partial charge in [-0.15, -0.1) is 0 Å². The van der Waals surface area contributed by atoms with E-state index in [2.05, 4.69) is 10.9 Å². The fourth-order valence-corrected chi connectivity index (χ4v) is 6.99. The first kappa shape index (κ1) is 35.2. The van der Waals surface area contributed by atoms with Crippen molar-refractivity contribution in [3.8, 4) is 5.75 Å². The van der Waals surface area contributed by atoms with E-state index in [0.717, 1.165) is 12.1 Å². The minimum Gasteiger partial charge on any atom is -0.494 e. The zero-order valence-electron chi connectivity index (χ0n) is 25.3. The summed E-state index contributed by atoms with van der Waals surface area (Å²) in [5.74, 6) is -2.31. The molecule has 0 fully saturated rings. The number of nitrogens with one attached hydrogen (secondary N) is 2. The minimum atomic E-state index is -3.91. The van der Waals surface area contributed by atoms with E-state index in [0.29, 0.717) is 34.9 Å². The lowest BCUT2D eigenvalue weighted by molar-refractivity contribution is -0.130. The lowest BCUT2D eigenvalue weighted by atomic mass is 9.85. The molecule has 1 aliphatic rings. The minimum absolute atomic E-state index is 0.0186. The van der Waals surface area contributed by atoms with Gasteiger partial charge in [-0.05, 0) is 54.6 Å². The molecule has 1 amide bonds. The molecule has 3 N–H and O–H groups in total. The van der Waals surface area contributed by atoms with Gasteiger partial charge in [-0.25, -0.2) is 27.6 Å². The van der Waals surface area contributed by atoms with E-state index in [9.17, 15) is 22.0 Å². The molecular formula is C34H31Cl2F2N3O6S. The van der Waals surface area contributed by atoms with Gasteiger partial charge in [0.1, 0.15) is 17.4 Å². The van der Waals surface area contributed by atoms with Crippen LogP contribution in [0.25, 0.3) is 0 Å². The molecule has 48 heavy (non-hydrogen) atoms. The number of halogens is 4. The third-order valence-corrected chi connectivity index (χ3v) is 9.92. The maximum absolute atomic E-state index is 14.3. The van der Waals surface area contributed by atoms with E-state index in [-0.39, 0.29) is 41.0 Å². The van der Waals surface area contributed by atoms with Crippen LogP contribution in [-0.2, 0) is 25.9 Å². The van der Waals surface area contributed by atoms with E-state index in [1.165, 1.54) is 24.3 Å². The summed E-state index contributed by atoms with van der Waals surface area (Å²) in [4.78, 5) is 19.1. The Labute approximate surface area is 286 Å². The van der Waals surface area contributed by atoms with Crippen molar-refractivity contribution < 1.29 is 36.6 Å². The fraction of sp³-hybridized carbons (Fsp3) is 0.235. The van der Waals surface area contributed by atoms with Gasteiger partial charge in [-0.3, -0.25) is 10.2 Å². The highest BCUT2D eigenvalue weighted by Crippen LogP contribution is 2.45. The number of sulfone groups is 1. The number of hydrogen-bond donors (Lipinski definition) is 3. The lowest BCUT2D eigenvalue weighted by Crippen LogP contribution is -2.53. The first-order chi connectivity index (χ1) is 23.0. The van der Waals surface area contributed by atoms with Crippen molar-refractivity contribution in [2.45, 2.75) is 35.9 Å². The van der Waals surface area contributed by atoms with Gasteiger partial charge in [0.2, 0.25) is 5.90 Å². The predicted molar refractivity (Wildman–Crippen MR) is 178 cm³/mol. The Bertz CT molecular complexity index is 1900. The number of aliphatic imine (C=N–C) groups is 1. The predicted octanol–water partition coefficient (Wildman–Crippen LogP) is 5.97. The molecule has 0 aromatic heterocycles. The largest absolute Gasteiger partial charge is 0.494 e. The number of carbonyl (C=O) groups excluding carboxylic acids is 1. The Hall–Kier alpha value is -4.07. The molecule has 9 nitrogen and oxygen atoms in total. The van der Waals surface area contributed by atoms with E-state index >= 15 is 0 Å². The molecule has 14 heteroatoms. The average Bonchev–Trinajstić information content (AvgIpc) is 3.46. The number of carbonyl (C=O) groups is 1. The molecule has 5 rings (SSSR count). The summed E-state index contributed by atoms with van der Waals surface area (Å²) in [7, 11) is -3.91. The number of aliphatic hydroxyl groups is 1. The molecule has 4 aromatic rings. The first-order valence-corrected chi connectivity index (χ1v) is 17.2. The standard InChI is InChI=1S/C34H31Cl2F2N3O6S/c35-24-10-14-28(29(36)19-24)31-34(15-18-48(44,45)27-5-2-1-3-6-27,33(43)41-39-21-23-7-11-25(37)20-30(23)38)40-32(47-31)22-8-12-26(13-9-22)46-17-4-16-42/h1-3,5-14,19-20,31,39,42H,4,15-18,21H2,(H,41,43)/t31-,34-/m0/s1. The molecule has 0 spiro atoms. The highest BCUT2D eigenvalue weighted by atomic mass is 35.5. The van der Waals surface area contributed by atoms with Crippen molar-refractivity contribution in [1.82, 2.24) is 10.9 Å². The molecule has 0 saturated carbocycles. The van der Waals surface area contributed by atoms with E-state index in [1.54, 1.807) is 54.6 Å². The van der Waals surface area contributed by atoms with Crippen LogP contribution in [0.4, 0.5) is 8.78 Å². The number of ether oxygens (including phenoxy) is 2. The summed E-state index contributed by atoms with van der Waals surface area (Å²) in [6, 6.07) is 22.1. The number of aliphatic hydroxyl groups excluding tert-OH is 1. The lowest BCUT2D eigenvalue weighted by Gasteiger charge is -2.31. The second-order valence-electron chi connectivity index (χ2n) is 10.9. The summed E-state index contributed by atoms with van der Waals surface area (Å²) in [6.45, 7) is 0.0609. The van der Waals surface area contributed by atoms with Crippen LogP contribution in [-0.4, -0.2) is 49.8 Å².